The number of rotatable bonds is 7. The monoisotopic (exact) mass is 419 g/mol. The van der Waals surface area contributed by atoms with Gasteiger partial charge < -0.3 is 20.2 Å². The SMILES string of the molecule is Cc1cnc(Nc2ccnn2C)nc1-c1coc(C(=O)NCc2cccc(CO)c2)n1. The van der Waals surface area contributed by atoms with E-state index in [1.165, 1.54) is 6.26 Å². The molecule has 0 saturated carbocycles. The van der Waals surface area contributed by atoms with Crippen LogP contribution < -0.4 is 10.6 Å². The fraction of sp³-hybridized carbons (Fsp3) is 0.190. The van der Waals surface area contributed by atoms with Gasteiger partial charge in [-0.2, -0.15) is 5.10 Å². The Morgan fingerprint density at radius 3 is 2.84 bits per heavy atom. The van der Waals surface area contributed by atoms with E-state index in [4.69, 9.17) is 4.42 Å². The Balaban J connectivity index is 1.48. The van der Waals surface area contributed by atoms with Crippen LogP contribution in [0.5, 0.6) is 0 Å². The molecule has 4 rings (SSSR count). The average Bonchev–Trinajstić information content (AvgIpc) is 3.43. The number of aliphatic hydroxyl groups is 1. The number of hydrogen-bond acceptors (Lipinski definition) is 8. The lowest BCUT2D eigenvalue weighted by Crippen LogP contribution is -2.23. The lowest BCUT2D eigenvalue weighted by Gasteiger charge is -2.07. The fourth-order valence-corrected chi connectivity index (χ4v) is 2.96. The van der Waals surface area contributed by atoms with Crippen molar-refractivity contribution in [2.75, 3.05) is 5.32 Å². The van der Waals surface area contributed by atoms with Crippen LogP contribution in [0, 0.1) is 6.92 Å². The molecule has 0 unspecified atom stereocenters. The van der Waals surface area contributed by atoms with E-state index in [9.17, 15) is 9.90 Å². The van der Waals surface area contributed by atoms with Crippen LogP contribution in [-0.4, -0.2) is 35.7 Å². The second kappa shape index (κ2) is 8.76. The Hall–Kier alpha value is -4.05. The van der Waals surface area contributed by atoms with Gasteiger partial charge in [-0.1, -0.05) is 24.3 Å². The van der Waals surface area contributed by atoms with E-state index in [0.29, 0.717) is 17.3 Å². The number of amides is 1. The summed E-state index contributed by atoms with van der Waals surface area (Å²) in [6, 6.07) is 9.12. The van der Waals surface area contributed by atoms with Crippen LogP contribution >= 0.6 is 0 Å². The van der Waals surface area contributed by atoms with E-state index in [2.05, 4.69) is 30.7 Å². The van der Waals surface area contributed by atoms with Gasteiger partial charge in [-0.15, -0.1) is 0 Å². The van der Waals surface area contributed by atoms with E-state index in [-0.39, 0.29) is 19.0 Å². The summed E-state index contributed by atoms with van der Waals surface area (Å²) in [5.74, 6) is 0.607. The number of hydrogen-bond donors (Lipinski definition) is 3. The summed E-state index contributed by atoms with van der Waals surface area (Å²) in [6.45, 7) is 2.09. The van der Waals surface area contributed by atoms with Crippen molar-refractivity contribution in [2.45, 2.75) is 20.1 Å². The van der Waals surface area contributed by atoms with Crippen LogP contribution in [0.2, 0.25) is 0 Å². The third kappa shape index (κ3) is 4.59. The summed E-state index contributed by atoms with van der Waals surface area (Å²) in [6.07, 6.45) is 4.73. The average molecular weight is 419 g/mol. The van der Waals surface area contributed by atoms with Crippen molar-refractivity contribution in [1.82, 2.24) is 30.0 Å². The molecule has 0 radical (unpaired) electrons. The molecule has 0 aliphatic rings. The fourth-order valence-electron chi connectivity index (χ4n) is 2.96. The minimum Gasteiger partial charge on any atom is -0.440 e. The molecular weight excluding hydrogens is 398 g/mol. The smallest absolute Gasteiger partial charge is 0.307 e. The van der Waals surface area contributed by atoms with Gasteiger partial charge in [0.05, 0.1) is 12.8 Å². The molecule has 0 aliphatic carbocycles. The minimum atomic E-state index is -0.444. The van der Waals surface area contributed by atoms with Gasteiger partial charge in [0.2, 0.25) is 5.95 Å². The summed E-state index contributed by atoms with van der Waals surface area (Å²) in [5.41, 5.74) is 3.42. The zero-order valence-corrected chi connectivity index (χ0v) is 17.0. The van der Waals surface area contributed by atoms with E-state index >= 15 is 0 Å². The van der Waals surface area contributed by atoms with Gasteiger partial charge in [-0.05, 0) is 23.6 Å². The molecule has 1 aromatic carbocycles. The Morgan fingerprint density at radius 2 is 2.06 bits per heavy atom. The summed E-state index contributed by atoms with van der Waals surface area (Å²) >= 11 is 0. The Bertz CT molecular complexity index is 1220. The first-order valence-electron chi connectivity index (χ1n) is 9.55. The van der Waals surface area contributed by atoms with Crippen LogP contribution in [-0.2, 0) is 20.2 Å². The van der Waals surface area contributed by atoms with Crippen LogP contribution in [0.15, 0.2) is 53.4 Å². The standard InChI is InChI=1S/C21H21N7O3/c1-13-9-23-21(26-17-6-7-24-28(17)2)27-18(13)16-12-31-20(25-16)19(30)22-10-14-4-3-5-15(8-14)11-29/h3-9,12,29H,10-11H2,1-2H3,(H,22,30)(H,23,26,27). The number of aliphatic hydroxyl groups excluding tert-OH is 1. The highest BCUT2D eigenvalue weighted by Crippen LogP contribution is 2.22. The van der Waals surface area contributed by atoms with Crippen molar-refractivity contribution < 1.29 is 14.3 Å². The van der Waals surface area contributed by atoms with Gasteiger partial charge in [-0.3, -0.25) is 9.48 Å². The molecule has 10 nitrogen and oxygen atoms in total. The Morgan fingerprint density at radius 1 is 1.23 bits per heavy atom. The number of nitrogens with zero attached hydrogens (tertiary/aromatic N) is 5. The highest BCUT2D eigenvalue weighted by molar-refractivity contribution is 5.90. The van der Waals surface area contributed by atoms with Crippen molar-refractivity contribution in [3.8, 4) is 11.4 Å². The second-order valence-corrected chi connectivity index (χ2v) is 6.89. The molecular formula is C21H21N7O3. The third-order valence-electron chi connectivity index (χ3n) is 4.60. The summed E-state index contributed by atoms with van der Waals surface area (Å²) in [5, 5.41) is 19.2. The van der Waals surface area contributed by atoms with Crippen molar-refractivity contribution in [2.24, 2.45) is 7.05 Å². The first-order valence-corrected chi connectivity index (χ1v) is 9.55. The number of benzene rings is 1. The van der Waals surface area contributed by atoms with Gasteiger partial charge in [0.15, 0.2) is 0 Å². The number of aryl methyl sites for hydroxylation is 2. The number of carbonyl (C=O) groups is 1. The highest BCUT2D eigenvalue weighted by Gasteiger charge is 2.17. The van der Waals surface area contributed by atoms with Crippen molar-refractivity contribution in [3.63, 3.8) is 0 Å². The molecule has 0 saturated heterocycles. The maximum absolute atomic E-state index is 12.4. The number of aromatic nitrogens is 5. The molecule has 0 spiro atoms. The van der Waals surface area contributed by atoms with Crippen molar-refractivity contribution in [3.05, 3.63) is 71.6 Å². The van der Waals surface area contributed by atoms with Gasteiger partial charge in [0, 0.05) is 25.9 Å². The number of nitrogens with one attached hydrogen (secondary N) is 2. The molecule has 0 aliphatic heterocycles. The van der Waals surface area contributed by atoms with E-state index in [0.717, 1.165) is 22.5 Å². The number of anilines is 2. The molecule has 0 fully saturated rings. The molecule has 3 N–H and O–H groups in total. The van der Waals surface area contributed by atoms with Crippen LogP contribution in [0.25, 0.3) is 11.4 Å². The number of oxazole rings is 1. The van der Waals surface area contributed by atoms with Crippen molar-refractivity contribution in [1.29, 1.82) is 0 Å². The van der Waals surface area contributed by atoms with Gasteiger partial charge in [0.1, 0.15) is 23.5 Å². The summed E-state index contributed by atoms with van der Waals surface area (Å²) < 4.78 is 7.04. The first-order chi connectivity index (χ1) is 15.0. The second-order valence-electron chi connectivity index (χ2n) is 6.89. The molecule has 3 aromatic heterocycles. The molecule has 10 heteroatoms. The van der Waals surface area contributed by atoms with Crippen molar-refractivity contribution >= 4 is 17.7 Å². The quantitative estimate of drug-likeness (QED) is 0.416. The number of carbonyl (C=O) groups excluding carboxylic acids is 1. The zero-order chi connectivity index (χ0) is 21.8. The molecule has 3 heterocycles. The maximum Gasteiger partial charge on any atom is 0.307 e. The summed E-state index contributed by atoms with van der Waals surface area (Å²) in [7, 11) is 1.81. The van der Waals surface area contributed by atoms with Gasteiger partial charge >= 0.3 is 5.91 Å². The van der Waals surface area contributed by atoms with Gasteiger partial charge in [-0.25, -0.2) is 15.0 Å². The first kappa shape index (κ1) is 20.2. The van der Waals surface area contributed by atoms with Crippen LogP contribution in [0.1, 0.15) is 27.4 Å². The van der Waals surface area contributed by atoms with Crippen LogP contribution in [0.4, 0.5) is 11.8 Å². The predicted octanol–water partition coefficient (Wildman–Crippen LogP) is 2.34. The molecule has 31 heavy (non-hydrogen) atoms. The molecule has 1 amide bonds. The molecule has 0 atom stereocenters. The maximum atomic E-state index is 12.4. The zero-order valence-electron chi connectivity index (χ0n) is 17.0. The highest BCUT2D eigenvalue weighted by atomic mass is 16.4. The molecule has 0 bridgehead atoms. The van der Waals surface area contributed by atoms with E-state index in [1.54, 1.807) is 30.2 Å². The summed E-state index contributed by atoms with van der Waals surface area (Å²) in [4.78, 5) is 25.5. The van der Waals surface area contributed by atoms with E-state index < -0.39 is 5.91 Å². The Labute approximate surface area is 178 Å². The lowest BCUT2D eigenvalue weighted by atomic mass is 10.1. The van der Waals surface area contributed by atoms with E-state index in [1.807, 2.05) is 31.2 Å². The normalized spacial score (nSPS) is 10.8. The lowest BCUT2D eigenvalue weighted by molar-refractivity contribution is 0.0916. The molecule has 4 aromatic rings. The van der Waals surface area contributed by atoms with Crippen LogP contribution in [0.3, 0.4) is 0 Å². The van der Waals surface area contributed by atoms with Gasteiger partial charge in [0.25, 0.3) is 5.89 Å². The topological polar surface area (TPSA) is 131 Å². The predicted molar refractivity (Wildman–Crippen MR) is 112 cm³/mol. The third-order valence-corrected chi connectivity index (χ3v) is 4.60. The largest absolute Gasteiger partial charge is 0.440 e. The molecule has 158 valence electrons. The Kier molecular flexibility index (Phi) is 5.72. The minimum absolute atomic E-state index is 0.0549.